The Kier molecular flexibility index (Phi) is 3.43. The SMILES string of the molecule is CCC1(C)CN(c2ccccc2C)C(C)CN1. The van der Waals surface area contributed by atoms with Gasteiger partial charge in [-0.1, -0.05) is 25.1 Å². The van der Waals surface area contributed by atoms with Crippen molar-refractivity contribution >= 4 is 5.69 Å². The van der Waals surface area contributed by atoms with Crippen LogP contribution in [0.3, 0.4) is 0 Å². The number of para-hydroxylation sites is 1. The van der Waals surface area contributed by atoms with Crippen molar-refractivity contribution in [3.05, 3.63) is 29.8 Å². The molecule has 2 rings (SSSR count). The van der Waals surface area contributed by atoms with Crippen molar-refractivity contribution in [2.24, 2.45) is 0 Å². The zero-order chi connectivity index (χ0) is 12.5. The minimum Gasteiger partial charge on any atom is -0.365 e. The van der Waals surface area contributed by atoms with E-state index < -0.39 is 0 Å². The molecule has 0 amide bonds. The number of nitrogens with zero attached hydrogens (tertiary/aromatic N) is 1. The van der Waals surface area contributed by atoms with E-state index in [1.807, 2.05) is 0 Å². The van der Waals surface area contributed by atoms with Gasteiger partial charge in [0.05, 0.1) is 0 Å². The van der Waals surface area contributed by atoms with E-state index >= 15 is 0 Å². The van der Waals surface area contributed by atoms with Gasteiger partial charge in [0, 0.05) is 30.4 Å². The van der Waals surface area contributed by atoms with Gasteiger partial charge in [-0.3, -0.25) is 0 Å². The Hall–Kier alpha value is -1.02. The number of hydrogen-bond acceptors (Lipinski definition) is 2. The lowest BCUT2D eigenvalue weighted by molar-refractivity contribution is 0.285. The number of nitrogens with one attached hydrogen (secondary N) is 1. The third-order valence-corrected chi connectivity index (χ3v) is 4.08. The summed E-state index contributed by atoms with van der Waals surface area (Å²) in [7, 11) is 0. The summed E-state index contributed by atoms with van der Waals surface area (Å²) >= 11 is 0. The first kappa shape index (κ1) is 12.4. The van der Waals surface area contributed by atoms with E-state index in [0.717, 1.165) is 13.1 Å². The molecule has 1 fully saturated rings. The molecule has 1 N–H and O–H groups in total. The Morgan fingerprint density at radius 1 is 1.41 bits per heavy atom. The van der Waals surface area contributed by atoms with Crippen LogP contribution in [-0.2, 0) is 0 Å². The van der Waals surface area contributed by atoms with Gasteiger partial charge in [-0.2, -0.15) is 0 Å². The molecule has 0 spiro atoms. The predicted octanol–water partition coefficient (Wildman–Crippen LogP) is 2.96. The minimum atomic E-state index is 0.245. The first-order valence-electron chi connectivity index (χ1n) is 6.63. The van der Waals surface area contributed by atoms with E-state index in [9.17, 15) is 0 Å². The predicted molar refractivity (Wildman–Crippen MR) is 74.7 cm³/mol. The van der Waals surface area contributed by atoms with Crippen LogP contribution in [0.25, 0.3) is 0 Å². The van der Waals surface area contributed by atoms with E-state index in [4.69, 9.17) is 0 Å². The second kappa shape index (κ2) is 4.69. The van der Waals surface area contributed by atoms with Gasteiger partial charge in [0.2, 0.25) is 0 Å². The number of piperazine rings is 1. The highest BCUT2D eigenvalue weighted by molar-refractivity contribution is 5.54. The average Bonchev–Trinajstić information content (AvgIpc) is 2.34. The Labute approximate surface area is 105 Å². The van der Waals surface area contributed by atoms with Gasteiger partial charge in [-0.25, -0.2) is 0 Å². The highest BCUT2D eigenvalue weighted by Crippen LogP contribution is 2.27. The maximum atomic E-state index is 3.67. The summed E-state index contributed by atoms with van der Waals surface area (Å²) in [6.07, 6.45) is 1.17. The second-order valence-electron chi connectivity index (χ2n) is 5.56. The maximum Gasteiger partial charge on any atom is 0.0399 e. The largest absolute Gasteiger partial charge is 0.365 e. The lowest BCUT2D eigenvalue weighted by Gasteiger charge is -2.46. The first-order valence-corrected chi connectivity index (χ1v) is 6.63. The summed E-state index contributed by atoms with van der Waals surface area (Å²) in [5.41, 5.74) is 3.01. The van der Waals surface area contributed by atoms with Gasteiger partial charge in [-0.15, -0.1) is 0 Å². The standard InChI is InChI=1S/C15H24N2/c1-5-15(4)11-17(13(3)10-16-15)14-9-7-6-8-12(14)2/h6-9,13,16H,5,10-11H2,1-4H3. The van der Waals surface area contributed by atoms with E-state index in [0.29, 0.717) is 6.04 Å². The third kappa shape index (κ3) is 2.47. The second-order valence-corrected chi connectivity index (χ2v) is 5.56. The molecule has 0 aromatic heterocycles. The van der Waals surface area contributed by atoms with Gasteiger partial charge in [0.1, 0.15) is 0 Å². The average molecular weight is 232 g/mol. The molecule has 1 aromatic rings. The molecule has 0 saturated carbocycles. The van der Waals surface area contributed by atoms with Crippen molar-refractivity contribution in [1.82, 2.24) is 5.32 Å². The first-order chi connectivity index (χ1) is 8.06. The summed E-state index contributed by atoms with van der Waals surface area (Å²) in [4.78, 5) is 2.55. The normalized spacial score (nSPS) is 29.4. The summed E-state index contributed by atoms with van der Waals surface area (Å²) in [5.74, 6) is 0. The molecule has 2 atom stereocenters. The van der Waals surface area contributed by atoms with Crippen LogP contribution < -0.4 is 10.2 Å². The van der Waals surface area contributed by atoms with Crippen LogP contribution in [0.2, 0.25) is 0 Å². The number of hydrogen-bond donors (Lipinski definition) is 1. The van der Waals surface area contributed by atoms with Gasteiger partial charge < -0.3 is 10.2 Å². The molecule has 2 unspecified atom stereocenters. The highest BCUT2D eigenvalue weighted by atomic mass is 15.3. The van der Waals surface area contributed by atoms with Crippen LogP contribution in [0.5, 0.6) is 0 Å². The topological polar surface area (TPSA) is 15.3 Å². The van der Waals surface area contributed by atoms with E-state index in [1.165, 1.54) is 17.7 Å². The Morgan fingerprint density at radius 3 is 2.76 bits per heavy atom. The van der Waals surface area contributed by atoms with Crippen molar-refractivity contribution in [1.29, 1.82) is 0 Å². The fourth-order valence-electron chi connectivity index (χ4n) is 2.54. The number of anilines is 1. The number of aryl methyl sites for hydroxylation is 1. The van der Waals surface area contributed by atoms with Gasteiger partial charge in [-0.05, 0) is 38.8 Å². The van der Waals surface area contributed by atoms with E-state index in [1.54, 1.807) is 0 Å². The molecular formula is C15H24N2. The van der Waals surface area contributed by atoms with Crippen molar-refractivity contribution in [3.63, 3.8) is 0 Å². The zero-order valence-corrected chi connectivity index (χ0v) is 11.5. The van der Waals surface area contributed by atoms with Gasteiger partial charge >= 0.3 is 0 Å². The lowest BCUT2D eigenvalue weighted by atomic mass is 9.93. The molecule has 1 aliphatic heterocycles. The molecule has 0 bridgehead atoms. The molecule has 0 radical (unpaired) electrons. The lowest BCUT2D eigenvalue weighted by Crippen LogP contribution is -2.62. The molecule has 1 heterocycles. The van der Waals surface area contributed by atoms with Crippen molar-refractivity contribution in [3.8, 4) is 0 Å². The minimum absolute atomic E-state index is 0.245. The highest BCUT2D eigenvalue weighted by Gasteiger charge is 2.32. The Balaban J connectivity index is 2.27. The molecule has 2 nitrogen and oxygen atoms in total. The van der Waals surface area contributed by atoms with Gasteiger partial charge in [0.25, 0.3) is 0 Å². The summed E-state index contributed by atoms with van der Waals surface area (Å²) in [6.45, 7) is 11.2. The van der Waals surface area contributed by atoms with Crippen molar-refractivity contribution in [2.45, 2.75) is 45.7 Å². The van der Waals surface area contributed by atoms with Crippen molar-refractivity contribution in [2.75, 3.05) is 18.0 Å². The van der Waals surface area contributed by atoms with Crippen LogP contribution in [0, 0.1) is 6.92 Å². The molecular weight excluding hydrogens is 208 g/mol. The van der Waals surface area contributed by atoms with Crippen LogP contribution in [0.4, 0.5) is 5.69 Å². The fraction of sp³-hybridized carbons (Fsp3) is 0.600. The Morgan fingerprint density at radius 2 is 2.12 bits per heavy atom. The smallest absolute Gasteiger partial charge is 0.0399 e. The molecule has 0 aliphatic carbocycles. The summed E-state index contributed by atoms with van der Waals surface area (Å²) in [5, 5.41) is 3.67. The molecule has 2 heteroatoms. The van der Waals surface area contributed by atoms with Crippen LogP contribution in [0.1, 0.15) is 32.8 Å². The van der Waals surface area contributed by atoms with Crippen LogP contribution in [0.15, 0.2) is 24.3 Å². The number of benzene rings is 1. The molecule has 94 valence electrons. The fourth-order valence-corrected chi connectivity index (χ4v) is 2.54. The third-order valence-electron chi connectivity index (χ3n) is 4.08. The summed E-state index contributed by atoms with van der Waals surface area (Å²) < 4.78 is 0. The van der Waals surface area contributed by atoms with Gasteiger partial charge in [0.15, 0.2) is 0 Å². The molecule has 1 saturated heterocycles. The Bertz CT molecular complexity index is 388. The summed E-state index contributed by atoms with van der Waals surface area (Å²) in [6, 6.07) is 9.27. The van der Waals surface area contributed by atoms with Crippen LogP contribution >= 0.6 is 0 Å². The molecule has 17 heavy (non-hydrogen) atoms. The quantitative estimate of drug-likeness (QED) is 0.843. The number of rotatable bonds is 2. The van der Waals surface area contributed by atoms with Crippen molar-refractivity contribution < 1.29 is 0 Å². The zero-order valence-electron chi connectivity index (χ0n) is 11.5. The van der Waals surface area contributed by atoms with Crippen LogP contribution in [-0.4, -0.2) is 24.7 Å². The molecule has 1 aliphatic rings. The monoisotopic (exact) mass is 232 g/mol. The van der Waals surface area contributed by atoms with E-state index in [2.05, 4.69) is 62.2 Å². The maximum absolute atomic E-state index is 3.67. The van der Waals surface area contributed by atoms with E-state index in [-0.39, 0.29) is 5.54 Å². The molecule has 1 aromatic carbocycles.